The Hall–Kier alpha value is -2.75. The minimum absolute atomic E-state index is 0.0159. The number of carbonyl (C=O) groups excluding carboxylic acids is 1. The first-order valence-electron chi connectivity index (χ1n) is 7.81. The molecule has 3 aromatic rings. The molecule has 1 heterocycles. The number of amides is 1. The quantitative estimate of drug-likeness (QED) is 0.440. The van der Waals surface area contributed by atoms with Crippen molar-refractivity contribution in [1.82, 2.24) is 15.0 Å². The molecule has 1 aromatic heterocycles. The highest BCUT2D eigenvalue weighted by Gasteiger charge is 2.22. The topological polar surface area (TPSA) is 88.4 Å². The summed E-state index contributed by atoms with van der Waals surface area (Å²) in [5.74, 6) is -2.32. The van der Waals surface area contributed by atoms with E-state index >= 15 is 4.39 Å². The van der Waals surface area contributed by atoms with Crippen LogP contribution in [0.1, 0.15) is 10.4 Å². The predicted molar refractivity (Wildman–Crippen MR) is 95.9 cm³/mol. The highest BCUT2D eigenvalue weighted by atomic mass is 35.5. The summed E-state index contributed by atoms with van der Waals surface area (Å²) < 4.78 is 30.7. The molecule has 0 aliphatic heterocycles. The van der Waals surface area contributed by atoms with E-state index in [1.54, 1.807) is 7.05 Å². The van der Waals surface area contributed by atoms with Gasteiger partial charge in [-0.15, -0.1) is 0 Å². The van der Waals surface area contributed by atoms with E-state index in [0.717, 1.165) is 6.07 Å². The van der Waals surface area contributed by atoms with Gasteiger partial charge in [0, 0.05) is 12.1 Å². The van der Waals surface area contributed by atoms with Gasteiger partial charge in [-0.1, -0.05) is 11.6 Å². The number of anilines is 2. The minimum Gasteiger partial charge on any atom is -0.394 e. The molecule has 0 spiro atoms. The molecular weight excluding hydrogens is 382 g/mol. The maximum absolute atomic E-state index is 15.0. The first-order chi connectivity index (χ1) is 12.9. The molecule has 2 aromatic carbocycles. The molecule has 0 radical (unpaired) electrons. The first kappa shape index (κ1) is 19.0. The molecule has 3 N–H and O–H groups in total. The standard InChI is InChI=1S/C17H15ClF2N4O3/c1-24-8-21-16-13(24)7-10(17(26)23-27-5-4-25)15(14(16)20)22-12-3-2-9(18)6-11(12)19/h2-3,6-8,22,25H,4-5H2,1H3,(H,23,26). The van der Waals surface area contributed by atoms with Crippen molar-refractivity contribution in [1.29, 1.82) is 0 Å². The number of aliphatic hydroxyl groups excluding tert-OH is 1. The second-order valence-electron chi connectivity index (χ2n) is 5.59. The smallest absolute Gasteiger partial charge is 0.277 e. The van der Waals surface area contributed by atoms with Crippen LogP contribution in [-0.4, -0.2) is 33.8 Å². The highest BCUT2D eigenvalue weighted by molar-refractivity contribution is 6.30. The van der Waals surface area contributed by atoms with Crippen LogP contribution in [0.2, 0.25) is 5.02 Å². The number of fused-ring (bicyclic) bond motifs is 1. The van der Waals surface area contributed by atoms with E-state index in [0.29, 0.717) is 5.52 Å². The van der Waals surface area contributed by atoms with Crippen molar-refractivity contribution < 1.29 is 23.5 Å². The molecule has 10 heteroatoms. The van der Waals surface area contributed by atoms with Crippen LogP contribution in [0.4, 0.5) is 20.2 Å². The zero-order chi connectivity index (χ0) is 19.6. The molecule has 0 fully saturated rings. The lowest BCUT2D eigenvalue weighted by Crippen LogP contribution is -2.26. The molecule has 0 atom stereocenters. The number of hydrogen-bond acceptors (Lipinski definition) is 5. The van der Waals surface area contributed by atoms with E-state index in [2.05, 4.69) is 15.8 Å². The zero-order valence-electron chi connectivity index (χ0n) is 14.1. The van der Waals surface area contributed by atoms with Crippen LogP contribution < -0.4 is 10.8 Å². The number of hydrogen-bond donors (Lipinski definition) is 3. The Morgan fingerprint density at radius 3 is 2.85 bits per heavy atom. The molecule has 142 valence electrons. The van der Waals surface area contributed by atoms with Crippen LogP contribution in [0.15, 0.2) is 30.6 Å². The molecule has 0 bridgehead atoms. The summed E-state index contributed by atoms with van der Waals surface area (Å²) in [6.45, 7) is -0.451. The number of nitrogens with one attached hydrogen (secondary N) is 2. The zero-order valence-corrected chi connectivity index (χ0v) is 14.8. The third-order valence-corrected chi connectivity index (χ3v) is 3.99. The summed E-state index contributed by atoms with van der Waals surface area (Å²) >= 11 is 5.73. The van der Waals surface area contributed by atoms with E-state index < -0.39 is 17.5 Å². The molecule has 7 nitrogen and oxygen atoms in total. The Morgan fingerprint density at radius 1 is 1.37 bits per heavy atom. The van der Waals surface area contributed by atoms with Gasteiger partial charge in [0.25, 0.3) is 5.91 Å². The van der Waals surface area contributed by atoms with Gasteiger partial charge >= 0.3 is 0 Å². The average Bonchev–Trinajstić information content (AvgIpc) is 3.00. The third-order valence-electron chi connectivity index (χ3n) is 3.75. The summed E-state index contributed by atoms with van der Waals surface area (Å²) in [5.41, 5.74) is 2.01. The van der Waals surface area contributed by atoms with Crippen LogP contribution in [-0.2, 0) is 11.9 Å². The van der Waals surface area contributed by atoms with Gasteiger partial charge in [-0.2, -0.15) is 0 Å². The lowest BCUT2D eigenvalue weighted by Gasteiger charge is -2.15. The number of benzene rings is 2. The Bertz CT molecular complexity index is 1010. The minimum atomic E-state index is -0.824. The van der Waals surface area contributed by atoms with Crippen molar-refractivity contribution in [2.24, 2.45) is 7.05 Å². The normalized spacial score (nSPS) is 11.0. The first-order valence-corrected chi connectivity index (χ1v) is 8.18. The molecule has 0 saturated heterocycles. The molecule has 0 saturated carbocycles. The molecular formula is C17H15ClF2N4O3. The van der Waals surface area contributed by atoms with Gasteiger partial charge in [0.05, 0.1) is 42.0 Å². The van der Waals surface area contributed by atoms with Crippen molar-refractivity contribution in [2.45, 2.75) is 0 Å². The third kappa shape index (κ3) is 3.85. The second kappa shape index (κ2) is 7.87. The van der Waals surface area contributed by atoms with E-state index in [-0.39, 0.29) is 40.7 Å². The van der Waals surface area contributed by atoms with Crippen molar-refractivity contribution in [3.8, 4) is 0 Å². The number of aliphatic hydroxyl groups is 1. The molecule has 27 heavy (non-hydrogen) atoms. The van der Waals surface area contributed by atoms with Gasteiger partial charge < -0.3 is 15.0 Å². The maximum atomic E-state index is 15.0. The summed E-state index contributed by atoms with van der Waals surface area (Å²) in [5, 5.41) is 11.5. The Labute approximate surface area is 157 Å². The monoisotopic (exact) mass is 396 g/mol. The fourth-order valence-electron chi connectivity index (χ4n) is 2.47. The van der Waals surface area contributed by atoms with Gasteiger partial charge in [-0.3, -0.25) is 9.63 Å². The molecule has 0 aliphatic rings. The van der Waals surface area contributed by atoms with E-state index in [4.69, 9.17) is 21.5 Å². The van der Waals surface area contributed by atoms with Gasteiger partial charge in [0.2, 0.25) is 0 Å². The highest BCUT2D eigenvalue weighted by Crippen LogP contribution is 2.32. The second-order valence-corrected chi connectivity index (χ2v) is 6.03. The molecule has 3 rings (SSSR count). The lowest BCUT2D eigenvalue weighted by atomic mass is 10.1. The molecule has 0 aliphatic carbocycles. The number of carbonyl (C=O) groups is 1. The summed E-state index contributed by atoms with van der Waals surface area (Å²) in [6, 6.07) is 5.21. The van der Waals surface area contributed by atoms with Crippen molar-refractivity contribution in [3.63, 3.8) is 0 Å². The van der Waals surface area contributed by atoms with Crippen LogP contribution in [0, 0.1) is 11.6 Å². The summed E-state index contributed by atoms with van der Waals surface area (Å²) in [7, 11) is 1.64. The van der Waals surface area contributed by atoms with Crippen LogP contribution in [0.3, 0.4) is 0 Å². The van der Waals surface area contributed by atoms with Crippen LogP contribution >= 0.6 is 11.6 Å². The number of hydroxylamine groups is 1. The average molecular weight is 397 g/mol. The van der Waals surface area contributed by atoms with Gasteiger partial charge in [-0.05, 0) is 24.3 Å². The number of aryl methyl sites for hydroxylation is 1. The Morgan fingerprint density at radius 2 is 2.15 bits per heavy atom. The van der Waals surface area contributed by atoms with Gasteiger partial charge in [-0.25, -0.2) is 19.2 Å². The van der Waals surface area contributed by atoms with E-state index in [1.165, 1.54) is 29.1 Å². The predicted octanol–water partition coefficient (Wildman–Crippen LogP) is 2.90. The number of nitrogens with zero attached hydrogens (tertiary/aromatic N) is 2. The molecule has 0 unspecified atom stereocenters. The number of rotatable bonds is 6. The number of halogens is 3. The fourth-order valence-corrected chi connectivity index (χ4v) is 2.63. The summed E-state index contributed by atoms with van der Waals surface area (Å²) in [6.07, 6.45) is 1.39. The maximum Gasteiger partial charge on any atom is 0.277 e. The van der Waals surface area contributed by atoms with E-state index in [9.17, 15) is 9.18 Å². The fraction of sp³-hybridized carbons (Fsp3) is 0.176. The van der Waals surface area contributed by atoms with E-state index in [1.807, 2.05) is 0 Å². The van der Waals surface area contributed by atoms with Crippen molar-refractivity contribution in [2.75, 3.05) is 18.5 Å². The van der Waals surface area contributed by atoms with Crippen LogP contribution in [0.25, 0.3) is 11.0 Å². The SMILES string of the molecule is Cn1cnc2c(F)c(Nc3ccc(Cl)cc3F)c(C(=O)NOCCO)cc21. The summed E-state index contributed by atoms with van der Waals surface area (Å²) in [4.78, 5) is 21.2. The Kier molecular flexibility index (Phi) is 5.54. The number of aromatic nitrogens is 2. The van der Waals surface area contributed by atoms with Gasteiger partial charge in [0.1, 0.15) is 11.3 Å². The number of imidazole rings is 1. The van der Waals surface area contributed by atoms with Crippen molar-refractivity contribution >= 4 is 39.9 Å². The molecule has 1 amide bonds. The van der Waals surface area contributed by atoms with Crippen LogP contribution in [0.5, 0.6) is 0 Å². The van der Waals surface area contributed by atoms with Gasteiger partial charge in [0.15, 0.2) is 5.82 Å². The van der Waals surface area contributed by atoms with Crippen molar-refractivity contribution in [3.05, 3.63) is 52.8 Å². The largest absolute Gasteiger partial charge is 0.394 e. The lowest BCUT2D eigenvalue weighted by molar-refractivity contribution is 0.0169. The Balaban J connectivity index is 2.09.